The summed E-state index contributed by atoms with van der Waals surface area (Å²) in [5, 5.41) is 3.21. The second-order valence-electron chi connectivity index (χ2n) is 3.75. The number of hydrogen-bond acceptors (Lipinski definition) is 4. The average molecular weight is 372 g/mol. The molecule has 94 valence electrons. The van der Waals surface area contributed by atoms with Crippen molar-refractivity contribution in [3.05, 3.63) is 50.9 Å². The summed E-state index contributed by atoms with van der Waals surface area (Å²) in [5.41, 5.74) is 8.47. The number of hydrogen-bond donors (Lipinski definition) is 2. The third-order valence-electron chi connectivity index (χ3n) is 2.60. The first-order valence-electron chi connectivity index (χ1n) is 5.31. The standard InChI is InChI=1S/C12H12Br2N4/c1-16-11(8-6-17-3-2-10(8)15)12-9(14)4-7(13)5-18-12/h2-6,11,16H,1H3,(H2,15,17). The highest BCUT2D eigenvalue weighted by Gasteiger charge is 2.19. The van der Waals surface area contributed by atoms with E-state index in [-0.39, 0.29) is 6.04 Å². The van der Waals surface area contributed by atoms with E-state index in [0.29, 0.717) is 5.69 Å². The van der Waals surface area contributed by atoms with Gasteiger partial charge in [0.05, 0.1) is 11.7 Å². The number of nitrogens with two attached hydrogens (primary N) is 1. The minimum Gasteiger partial charge on any atom is -0.398 e. The van der Waals surface area contributed by atoms with Crippen molar-refractivity contribution in [2.75, 3.05) is 12.8 Å². The molecule has 0 fully saturated rings. The van der Waals surface area contributed by atoms with Crippen LogP contribution in [-0.4, -0.2) is 17.0 Å². The molecule has 0 radical (unpaired) electrons. The summed E-state index contributed by atoms with van der Waals surface area (Å²) in [5.74, 6) is 0. The third-order valence-corrected chi connectivity index (χ3v) is 3.67. The molecule has 1 unspecified atom stereocenters. The van der Waals surface area contributed by atoms with E-state index < -0.39 is 0 Å². The molecular weight excluding hydrogens is 360 g/mol. The Labute approximate surface area is 122 Å². The lowest BCUT2D eigenvalue weighted by Crippen LogP contribution is -2.20. The van der Waals surface area contributed by atoms with Gasteiger partial charge < -0.3 is 11.1 Å². The molecule has 0 aliphatic heterocycles. The lowest BCUT2D eigenvalue weighted by molar-refractivity contribution is 0.666. The molecule has 3 N–H and O–H groups in total. The van der Waals surface area contributed by atoms with Crippen molar-refractivity contribution in [1.29, 1.82) is 0 Å². The molecule has 2 heterocycles. The van der Waals surface area contributed by atoms with Crippen molar-refractivity contribution in [3.8, 4) is 0 Å². The third kappa shape index (κ3) is 2.71. The molecule has 1 atom stereocenters. The van der Waals surface area contributed by atoms with Crippen LogP contribution in [-0.2, 0) is 0 Å². The van der Waals surface area contributed by atoms with E-state index in [1.165, 1.54) is 0 Å². The normalized spacial score (nSPS) is 12.4. The van der Waals surface area contributed by atoms with Crippen LogP contribution in [0.25, 0.3) is 0 Å². The van der Waals surface area contributed by atoms with E-state index in [4.69, 9.17) is 5.73 Å². The predicted octanol–water partition coefficient (Wildman–Crippen LogP) is 2.89. The van der Waals surface area contributed by atoms with Crippen molar-refractivity contribution in [3.63, 3.8) is 0 Å². The molecule has 0 aliphatic rings. The Kier molecular flexibility index (Phi) is 4.31. The quantitative estimate of drug-likeness (QED) is 0.870. The smallest absolute Gasteiger partial charge is 0.0795 e. The first-order chi connectivity index (χ1) is 8.63. The maximum atomic E-state index is 5.98. The van der Waals surface area contributed by atoms with Gasteiger partial charge in [-0.25, -0.2) is 0 Å². The molecule has 2 rings (SSSR count). The second-order valence-corrected chi connectivity index (χ2v) is 5.52. The van der Waals surface area contributed by atoms with Gasteiger partial charge in [-0.05, 0) is 51.0 Å². The van der Waals surface area contributed by atoms with Gasteiger partial charge in [-0.2, -0.15) is 0 Å². The molecule has 18 heavy (non-hydrogen) atoms. The summed E-state index contributed by atoms with van der Waals surface area (Å²) in [4.78, 5) is 8.54. The van der Waals surface area contributed by atoms with Crippen LogP contribution in [0.2, 0.25) is 0 Å². The van der Waals surface area contributed by atoms with Gasteiger partial charge in [0, 0.05) is 38.8 Å². The van der Waals surface area contributed by atoms with Crippen LogP contribution < -0.4 is 11.1 Å². The first kappa shape index (κ1) is 13.5. The molecule has 0 aliphatic carbocycles. The average Bonchev–Trinajstić information content (AvgIpc) is 2.34. The van der Waals surface area contributed by atoms with Crippen molar-refractivity contribution in [1.82, 2.24) is 15.3 Å². The lowest BCUT2D eigenvalue weighted by Gasteiger charge is -2.18. The fourth-order valence-corrected chi connectivity index (χ4v) is 2.95. The van der Waals surface area contributed by atoms with Gasteiger partial charge >= 0.3 is 0 Å². The van der Waals surface area contributed by atoms with E-state index in [0.717, 1.165) is 20.2 Å². The number of nitrogens with one attached hydrogen (secondary N) is 1. The Balaban J connectivity index is 2.49. The van der Waals surface area contributed by atoms with Gasteiger partial charge in [0.25, 0.3) is 0 Å². The van der Waals surface area contributed by atoms with E-state index in [9.17, 15) is 0 Å². The maximum absolute atomic E-state index is 5.98. The van der Waals surface area contributed by atoms with E-state index in [1.54, 1.807) is 24.7 Å². The fraction of sp³-hybridized carbons (Fsp3) is 0.167. The van der Waals surface area contributed by atoms with Crippen LogP contribution >= 0.6 is 31.9 Å². The number of rotatable bonds is 3. The monoisotopic (exact) mass is 370 g/mol. The summed E-state index contributed by atoms with van der Waals surface area (Å²) in [7, 11) is 1.87. The van der Waals surface area contributed by atoms with Gasteiger partial charge in [0.1, 0.15) is 0 Å². The molecule has 4 nitrogen and oxygen atoms in total. The molecule has 0 bridgehead atoms. The van der Waals surface area contributed by atoms with Crippen LogP contribution in [0.3, 0.4) is 0 Å². The highest BCUT2D eigenvalue weighted by atomic mass is 79.9. The zero-order chi connectivity index (χ0) is 13.1. The Morgan fingerprint density at radius 3 is 2.72 bits per heavy atom. The highest BCUT2D eigenvalue weighted by Crippen LogP contribution is 2.30. The van der Waals surface area contributed by atoms with Crippen LogP contribution in [0, 0.1) is 0 Å². The SMILES string of the molecule is CNC(c1cnccc1N)c1ncc(Br)cc1Br. The van der Waals surface area contributed by atoms with Crippen LogP contribution in [0.1, 0.15) is 17.3 Å². The first-order valence-corrected chi connectivity index (χ1v) is 6.89. The maximum Gasteiger partial charge on any atom is 0.0795 e. The predicted molar refractivity (Wildman–Crippen MR) is 79.2 cm³/mol. The van der Waals surface area contributed by atoms with Gasteiger partial charge in [0.2, 0.25) is 0 Å². The largest absolute Gasteiger partial charge is 0.398 e. The van der Waals surface area contributed by atoms with Gasteiger partial charge in [-0.1, -0.05) is 0 Å². The minimum atomic E-state index is -0.0961. The van der Waals surface area contributed by atoms with Gasteiger partial charge in [0.15, 0.2) is 0 Å². The Hall–Kier alpha value is -0.980. The summed E-state index contributed by atoms with van der Waals surface area (Å²) in [6.07, 6.45) is 5.19. The number of pyridine rings is 2. The van der Waals surface area contributed by atoms with E-state index in [1.807, 2.05) is 13.1 Å². The zero-order valence-electron chi connectivity index (χ0n) is 9.69. The van der Waals surface area contributed by atoms with Crippen molar-refractivity contribution >= 4 is 37.5 Å². The molecule has 0 amide bonds. The summed E-state index contributed by atoms with van der Waals surface area (Å²) in [6, 6.07) is 3.65. The highest BCUT2D eigenvalue weighted by molar-refractivity contribution is 9.11. The van der Waals surface area contributed by atoms with Gasteiger partial charge in [-0.3, -0.25) is 9.97 Å². The molecule has 0 aromatic carbocycles. The van der Waals surface area contributed by atoms with Crippen molar-refractivity contribution in [2.24, 2.45) is 0 Å². The van der Waals surface area contributed by atoms with Crippen LogP contribution in [0.4, 0.5) is 5.69 Å². The molecule has 0 spiro atoms. The molecular formula is C12H12Br2N4. The Morgan fingerprint density at radius 2 is 2.11 bits per heavy atom. The molecule has 0 saturated heterocycles. The molecule has 2 aromatic heterocycles. The number of aromatic nitrogens is 2. The van der Waals surface area contributed by atoms with E-state index in [2.05, 4.69) is 47.1 Å². The fourth-order valence-electron chi connectivity index (χ4n) is 1.74. The van der Waals surface area contributed by atoms with Gasteiger partial charge in [-0.15, -0.1) is 0 Å². The van der Waals surface area contributed by atoms with Crippen LogP contribution in [0.5, 0.6) is 0 Å². The van der Waals surface area contributed by atoms with Crippen molar-refractivity contribution in [2.45, 2.75) is 6.04 Å². The molecule has 6 heteroatoms. The number of halogens is 2. The Morgan fingerprint density at radius 1 is 1.33 bits per heavy atom. The molecule has 2 aromatic rings. The second kappa shape index (κ2) is 5.77. The number of nitrogens with zero attached hydrogens (tertiary/aromatic N) is 2. The summed E-state index contributed by atoms with van der Waals surface area (Å²) < 4.78 is 1.84. The topological polar surface area (TPSA) is 63.8 Å². The summed E-state index contributed by atoms with van der Waals surface area (Å²) in [6.45, 7) is 0. The zero-order valence-corrected chi connectivity index (χ0v) is 12.9. The summed E-state index contributed by atoms with van der Waals surface area (Å²) >= 11 is 6.90. The number of nitrogen functional groups attached to an aromatic ring is 1. The minimum absolute atomic E-state index is 0.0961. The van der Waals surface area contributed by atoms with Crippen LogP contribution in [0.15, 0.2) is 39.7 Å². The van der Waals surface area contributed by atoms with E-state index >= 15 is 0 Å². The lowest BCUT2D eigenvalue weighted by atomic mass is 10.0. The number of anilines is 1. The Bertz CT molecular complexity index is 560. The van der Waals surface area contributed by atoms with Crippen molar-refractivity contribution < 1.29 is 0 Å². The molecule has 0 saturated carbocycles.